The van der Waals surface area contributed by atoms with Crippen molar-refractivity contribution in [2.24, 2.45) is 0 Å². The lowest BCUT2D eigenvalue weighted by Crippen LogP contribution is -2.18. The summed E-state index contributed by atoms with van der Waals surface area (Å²) in [6.45, 7) is 8.29. The summed E-state index contributed by atoms with van der Waals surface area (Å²) >= 11 is 0. The Kier molecular flexibility index (Phi) is 4.20. The largest absolute Gasteiger partial charge is 0.312 e. The molecule has 0 aliphatic carbocycles. The second-order valence-corrected chi connectivity index (χ2v) is 5.83. The SMILES string of the molecule is Cc1cc(C)c(CNCCc2nnc3ccccn23)cc1C. The van der Waals surface area contributed by atoms with Crippen molar-refractivity contribution in [3.05, 3.63) is 64.6 Å². The number of pyridine rings is 1. The van der Waals surface area contributed by atoms with Gasteiger partial charge in [-0.3, -0.25) is 4.40 Å². The summed E-state index contributed by atoms with van der Waals surface area (Å²) in [5.74, 6) is 1.000. The van der Waals surface area contributed by atoms with Crippen LogP contribution in [0.25, 0.3) is 5.65 Å². The molecule has 0 spiro atoms. The molecule has 4 nitrogen and oxygen atoms in total. The number of nitrogens with one attached hydrogen (secondary N) is 1. The monoisotopic (exact) mass is 294 g/mol. The maximum absolute atomic E-state index is 4.26. The lowest BCUT2D eigenvalue weighted by Gasteiger charge is -2.10. The van der Waals surface area contributed by atoms with Crippen LogP contribution in [0.2, 0.25) is 0 Å². The summed E-state index contributed by atoms with van der Waals surface area (Å²) < 4.78 is 2.04. The zero-order valence-corrected chi connectivity index (χ0v) is 13.4. The van der Waals surface area contributed by atoms with E-state index in [1.165, 1.54) is 22.3 Å². The molecule has 114 valence electrons. The molecule has 2 heterocycles. The zero-order chi connectivity index (χ0) is 15.5. The number of nitrogens with zero attached hydrogens (tertiary/aromatic N) is 3. The molecule has 1 N–H and O–H groups in total. The van der Waals surface area contributed by atoms with Crippen LogP contribution < -0.4 is 5.32 Å². The first-order valence-electron chi connectivity index (χ1n) is 7.71. The molecule has 0 radical (unpaired) electrons. The maximum Gasteiger partial charge on any atom is 0.160 e. The van der Waals surface area contributed by atoms with Gasteiger partial charge in [0.2, 0.25) is 0 Å². The lowest BCUT2D eigenvalue weighted by atomic mass is 10.0. The summed E-state index contributed by atoms with van der Waals surface area (Å²) in [5.41, 5.74) is 6.34. The van der Waals surface area contributed by atoms with Crippen molar-refractivity contribution in [1.82, 2.24) is 19.9 Å². The van der Waals surface area contributed by atoms with Crippen LogP contribution in [0.3, 0.4) is 0 Å². The quantitative estimate of drug-likeness (QED) is 0.736. The Morgan fingerprint density at radius 3 is 2.68 bits per heavy atom. The van der Waals surface area contributed by atoms with Gasteiger partial charge < -0.3 is 5.32 Å². The molecule has 0 atom stereocenters. The van der Waals surface area contributed by atoms with Gasteiger partial charge in [-0.25, -0.2) is 0 Å². The van der Waals surface area contributed by atoms with Gasteiger partial charge in [-0.15, -0.1) is 10.2 Å². The Hall–Kier alpha value is -2.20. The maximum atomic E-state index is 4.26. The van der Waals surface area contributed by atoms with Gasteiger partial charge in [-0.2, -0.15) is 0 Å². The van der Waals surface area contributed by atoms with Crippen LogP contribution in [-0.2, 0) is 13.0 Å². The number of aromatic nitrogens is 3. The molecule has 0 bridgehead atoms. The molecule has 0 unspecified atom stereocenters. The first kappa shape index (κ1) is 14.7. The van der Waals surface area contributed by atoms with Gasteiger partial charge in [-0.1, -0.05) is 18.2 Å². The summed E-state index contributed by atoms with van der Waals surface area (Å²) in [6.07, 6.45) is 2.88. The van der Waals surface area contributed by atoms with Gasteiger partial charge in [0, 0.05) is 25.7 Å². The van der Waals surface area contributed by atoms with Crippen LogP contribution in [0, 0.1) is 20.8 Å². The highest BCUT2D eigenvalue weighted by molar-refractivity contribution is 5.37. The Morgan fingerprint density at radius 2 is 1.82 bits per heavy atom. The van der Waals surface area contributed by atoms with E-state index in [9.17, 15) is 0 Å². The topological polar surface area (TPSA) is 42.2 Å². The van der Waals surface area contributed by atoms with E-state index in [4.69, 9.17) is 0 Å². The Morgan fingerprint density at radius 1 is 1.00 bits per heavy atom. The van der Waals surface area contributed by atoms with E-state index in [0.29, 0.717) is 0 Å². The van der Waals surface area contributed by atoms with Gasteiger partial charge in [0.25, 0.3) is 0 Å². The molecule has 4 heteroatoms. The molecule has 0 fully saturated rings. The number of fused-ring (bicyclic) bond motifs is 1. The number of aryl methyl sites for hydroxylation is 3. The summed E-state index contributed by atoms with van der Waals surface area (Å²) in [7, 11) is 0. The van der Waals surface area contributed by atoms with Gasteiger partial charge >= 0.3 is 0 Å². The van der Waals surface area contributed by atoms with Crippen LogP contribution in [0.5, 0.6) is 0 Å². The first-order chi connectivity index (χ1) is 10.6. The second kappa shape index (κ2) is 6.28. The third-order valence-corrected chi connectivity index (χ3v) is 4.18. The van der Waals surface area contributed by atoms with Crippen molar-refractivity contribution in [2.75, 3.05) is 6.54 Å². The fourth-order valence-corrected chi connectivity index (χ4v) is 2.70. The highest BCUT2D eigenvalue weighted by Crippen LogP contribution is 2.15. The molecule has 0 saturated carbocycles. The molecule has 0 aliphatic rings. The predicted molar refractivity (Wildman–Crippen MR) is 89.1 cm³/mol. The summed E-state index contributed by atoms with van der Waals surface area (Å²) in [6, 6.07) is 10.5. The second-order valence-electron chi connectivity index (χ2n) is 5.83. The predicted octanol–water partition coefficient (Wildman–Crippen LogP) is 2.99. The minimum atomic E-state index is 0.870. The van der Waals surface area contributed by atoms with Crippen LogP contribution in [0.4, 0.5) is 0 Å². The smallest absolute Gasteiger partial charge is 0.160 e. The molecule has 1 aromatic carbocycles. The average Bonchev–Trinajstić information content (AvgIpc) is 2.92. The van der Waals surface area contributed by atoms with Crippen molar-refractivity contribution in [3.8, 4) is 0 Å². The van der Waals surface area contributed by atoms with Crippen LogP contribution in [0.1, 0.15) is 28.1 Å². The number of hydrogen-bond donors (Lipinski definition) is 1. The van der Waals surface area contributed by atoms with Gasteiger partial charge in [-0.05, 0) is 55.2 Å². The molecular weight excluding hydrogens is 272 g/mol. The number of hydrogen-bond acceptors (Lipinski definition) is 3. The van der Waals surface area contributed by atoms with Gasteiger partial charge in [0.1, 0.15) is 5.82 Å². The molecule has 22 heavy (non-hydrogen) atoms. The van der Waals surface area contributed by atoms with E-state index in [1.54, 1.807) is 0 Å². The van der Waals surface area contributed by atoms with Crippen molar-refractivity contribution >= 4 is 5.65 Å². The average molecular weight is 294 g/mol. The van der Waals surface area contributed by atoms with Gasteiger partial charge in [0.15, 0.2) is 5.65 Å². The van der Waals surface area contributed by atoms with Crippen molar-refractivity contribution < 1.29 is 0 Å². The Bertz CT molecular complexity index is 789. The van der Waals surface area contributed by atoms with E-state index in [-0.39, 0.29) is 0 Å². The fraction of sp³-hybridized carbons (Fsp3) is 0.333. The van der Waals surface area contributed by atoms with E-state index >= 15 is 0 Å². The van der Waals surface area contributed by atoms with Crippen LogP contribution in [-0.4, -0.2) is 21.1 Å². The van der Waals surface area contributed by atoms with E-state index < -0.39 is 0 Å². The van der Waals surface area contributed by atoms with E-state index in [2.05, 4.69) is 48.4 Å². The third kappa shape index (κ3) is 3.02. The molecule has 3 rings (SSSR count). The van der Waals surface area contributed by atoms with E-state index in [0.717, 1.165) is 31.0 Å². The molecule has 0 aliphatic heterocycles. The van der Waals surface area contributed by atoms with Crippen LogP contribution >= 0.6 is 0 Å². The molecule has 2 aromatic heterocycles. The third-order valence-electron chi connectivity index (χ3n) is 4.18. The summed E-state index contributed by atoms with van der Waals surface area (Å²) in [5, 5.41) is 11.9. The molecule has 0 saturated heterocycles. The molecule has 0 amide bonds. The number of benzene rings is 1. The normalized spacial score (nSPS) is 11.2. The molecule has 3 aromatic rings. The lowest BCUT2D eigenvalue weighted by molar-refractivity contribution is 0.664. The fourth-order valence-electron chi connectivity index (χ4n) is 2.70. The minimum Gasteiger partial charge on any atom is -0.312 e. The van der Waals surface area contributed by atoms with Crippen molar-refractivity contribution in [3.63, 3.8) is 0 Å². The Balaban J connectivity index is 1.59. The van der Waals surface area contributed by atoms with Crippen molar-refractivity contribution in [1.29, 1.82) is 0 Å². The van der Waals surface area contributed by atoms with Crippen molar-refractivity contribution in [2.45, 2.75) is 33.7 Å². The van der Waals surface area contributed by atoms with Gasteiger partial charge in [0.05, 0.1) is 0 Å². The zero-order valence-electron chi connectivity index (χ0n) is 13.4. The minimum absolute atomic E-state index is 0.870. The Labute approximate surface area is 131 Å². The highest BCUT2D eigenvalue weighted by Gasteiger charge is 2.05. The summed E-state index contributed by atoms with van der Waals surface area (Å²) in [4.78, 5) is 0. The number of rotatable bonds is 5. The molecular formula is C18H22N4. The first-order valence-corrected chi connectivity index (χ1v) is 7.71. The van der Waals surface area contributed by atoms with Crippen LogP contribution in [0.15, 0.2) is 36.5 Å². The van der Waals surface area contributed by atoms with E-state index in [1.807, 2.05) is 28.8 Å². The highest BCUT2D eigenvalue weighted by atomic mass is 15.2. The standard InChI is InChI=1S/C18H22N4/c1-13-10-15(3)16(11-14(13)2)12-19-8-7-18-21-20-17-6-4-5-9-22(17)18/h4-6,9-11,19H,7-8,12H2,1-3H3.